The van der Waals surface area contributed by atoms with Gasteiger partial charge in [-0.2, -0.15) is 0 Å². The third-order valence-electron chi connectivity index (χ3n) is 3.81. The van der Waals surface area contributed by atoms with Crippen LogP contribution in [0.15, 0.2) is 24.3 Å². The molecule has 0 spiro atoms. The van der Waals surface area contributed by atoms with E-state index < -0.39 is 11.4 Å². The van der Waals surface area contributed by atoms with Crippen LogP contribution in [0, 0.1) is 5.41 Å². The second kappa shape index (κ2) is 4.37. The molecule has 0 atom stereocenters. The van der Waals surface area contributed by atoms with Crippen LogP contribution in [0.1, 0.15) is 42.5 Å². The Balaban J connectivity index is 1.64. The van der Waals surface area contributed by atoms with Crippen LogP contribution in [0.2, 0.25) is 0 Å². The van der Waals surface area contributed by atoms with E-state index in [4.69, 9.17) is 9.84 Å². The summed E-state index contributed by atoms with van der Waals surface area (Å²) in [6.07, 6.45) is 3.85. The zero-order valence-corrected chi connectivity index (χ0v) is 10.6. The number of aliphatic carboxylic acids is 1. The molecule has 0 amide bonds. The number of rotatable bonds is 6. The maximum atomic E-state index is 12.0. The van der Waals surface area contributed by atoms with Gasteiger partial charge in [0.1, 0.15) is 5.75 Å². The van der Waals surface area contributed by atoms with Crippen LogP contribution >= 0.6 is 0 Å². The molecule has 1 aromatic carbocycles. The van der Waals surface area contributed by atoms with Crippen LogP contribution in [0.3, 0.4) is 0 Å². The molecule has 0 saturated heterocycles. The second-order valence-corrected chi connectivity index (χ2v) is 5.53. The number of hydrogen-bond donors (Lipinski definition) is 1. The molecule has 1 aromatic rings. The molecule has 0 aromatic heterocycles. The molecule has 19 heavy (non-hydrogen) atoms. The Bertz CT molecular complexity index is 509. The second-order valence-electron chi connectivity index (χ2n) is 5.53. The number of hydrogen-bond acceptors (Lipinski definition) is 3. The highest BCUT2D eigenvalue weighted by Crippen LogP contribution is 2.49. The van der Waals surface area contributed by atoms with E-state index in [1.165, 1.54) is 0 Å². The minimum absolute atomic E-state index is 0.0992. The Morgan fingerprint density at radius 1 is 1.21 bits per heavy atom. The first-order valence-electron chi connectivity index (χ1n) is 6.62. The third kappa shape index (κ3) is 2.62. The van der Waals surface area contributed by atoms with Crippen LogP contribution < -0.4 is 4.74 Å². The molecule has 0 bridgehead atoms. The molecule has 0 heterocycles. The van der Waals surface area contributed by atoms with E-state index in [0.717, 1.165) is 18.6 Å². The van der Waals surface area contributed by atoms with Crippen molar-refractivity contribution < 1.29 is 19.4 Å². The van der Waals surface area contributed by atoms with Crippen molar-refractivity contribution in [2.45, 2.75) is 38.2 Å². The molecule has 4 nitrogen and oxygen atoms in total. The molecule has 100 valence electrons. The zero-order valence-electron chi connectivity index (χ0n) is 10.6. The average molecular weight is 260 g/mol. The minimum atomic E-state index is -0.852. The van der Waals surface area contributed by atoms with E-state index >= 15 is 0 Å². The van der Waals surface area contributed by atoms with E-state index in [1.54, 1.807) is 24.3 Å². The summed E-state index contributed by atoms with van der Waals surface area (Å²) in [5, 5.41) is 9.08. The Morgan fingerprint density at radius 3 is 2.32 bits per heavy atom. The maximum Gasteiger partial charge on any atom is 0.310 e. The van der Waals surface area contributed by atoms with Crippen LogP contribution in [0.4, 0.5) is 0 Å². The van der Waals surface area contributed by atoms with E-state index in [2.05, 4.69) is 0 Å². The van der Waals surface area contributed by atoms with Crippen molar-refractivity contribution in [3.8, 4) is 5.75 Å². The number of Topliss-reactive ketones (excluding diaryl/α,β-unsaturated/α-hetero) is 1. The zero-order chi connectivity index (χ0) is 13.5. The summed E-state index contributed by atoms with van der Waals surface area (Å²) in [7, 11) is 0. The first-order chi connectivity index (χ1) is 9.09. The molecule has 2 aliphatic rings. The Kier molecular flexibility index (Phi) is 2.81. The molecule has 0 aliphatic heterocycles. The summed E-state index contributed by atoms with van der Waals surface area (Å²) in [6.45, 7) is 0. The minimum Gasteiger partial charge on any atom is -0.490 e. The lowest BCUT2D eigenvalue weighted by atomic mass is 9.96. The molecule has 3 rings (SSSR count). The fraction of sp³-hybridized carbons (Fsp3) is 0.467. The van der Waals surface area contributed by atoms with Crippen LogP contribution in [-0.4, -0.2) is 23.0 Å². The Labute approximate surface area is 111 Å². The fourth-order valence-corrected chi connectivity index (χ4v) is 2.12. The first-order valence-corrected chi connectivity index (χ1v) is 6.62. The smallest absolute Gasteiger partial charge is 0.310 e. The van der Waals surface area contributed by atoms with Gasteiger partial charge in [-0.05, 0) is 49.9 Å². The van der Waals surface area contributed by atoms with E-state index in [-0.39, 0.29) is 12.2 Å². The van der Waals surface area contributed by atoms with Gasteiger partial charge in [-0.15, -0.1) is 0 Å². The largest absolute Gasteiger partial charge is 0.490 e. The number of carbonyl (C=O) groups is 2. The highest BCUT2D eigenvalue weighted by atomic mass is 16.5. The van der Waals surface area contributed by atoms with Crippen molar-refractivity contribution >= 4 is 11.8 Å². The number of benzene rings is 1. The maximum absolute atomic E-state index is 12.0. The standard InChI is InChI=1S/C15H16O4/c16-13(9-15(7-8-15)14(17)18)10-1-3-11(4-2-10)19-12-5-6-12/h1-4,12H,5-9H2,(H,17,18). The van der Waals surface area contributed by atoms with Gasteiger partial charge >= 0.3 is 5.97 Å². The van der Waals surface area contributed by atoms with Crippen molar-refractivity contribution in [2.75, 3.05) is 0 Å². The lowest BCUT2D eigenvalue weighted by Crippen LogP contribution is -2.19. The fourth-order valence-electron chi connectivity index (χ4n) is 2.12. The highest BCUT2D eigenvalue weighted by molar-refractivity contribution is 5.99. The van der Waals surface area contributed by atoms with Crippen molar-refractivity contribution in [2.24, 2.45) is 5.41 Å². The van der Waals surface area contributed by atoms with Crippen LogP contribution in [0.5, 0.6) is 5.75 Å². The van der Waals surface area contributed by atoms with Gasteiger partial charge in [0, 0.05) is 12.0 Å². The molecule has 2 fully saturated rings. The van der Waals surface area contributed by atoms with Gasteiger partial charge in [-0.25, -0.2) is 0 Å². The monoisotopic (exact) mass is 260 g/mol. The van der Waals surface area contributed by atoms with Crippen molar-refractivity contribution in [3.05, 3.63) is 29.8 Å². The Morgan fingerprint density at radius 2 is 1.84 bits per heavy atom. The van der Waals surface area contributed by atoms with Gasteiger partial charge in [0.2, 0.25) is 0 Å². The number of carboxylic acids is 1. The van der Waals surface area contributed by atoms with Gasteiger partial charge in [0.05, 0.1) is 11.5 Å². The summed E-state index contributed by atoms with van der Waals surface area (Å²) < 4.78 is 5.61. The molecule has 0 unspecified atom stereocenters. The summed E-state index contributed by atoms with van der Waals surface area (Å²) in [5.41, 5.74) is -0.226. The molecule has 0 radical (unpaired) electrons. The molecular formula is C15H16O4. The SMILES string of the molecule is O=C(CC1(C(=O)O)CC1)c1ccc(OC2CC2)cc1. The molecular weight excluding hydrogens is 244 g/mol. The molecule has 2 saturated carbocycles. The third-order valence-corrected chi connectivity index (χ3v) is 3.81. The van der Waals surface area contributed by atoms with Gasteiger partial charge in [0.15, 0.2) is 5.78 Å². The predicted octanol–water partition coefficient (Wildman–Crippen LogP) is 2.67. The number of carboxylic acid groups (broad SMARTS) is 1. The summed E-state index contributed by atoms with van der Waals surface area (Å²) in [4.78, 5) is 23.1. The lowest BCUT2D eigenvalue weighted by molar-refractivity contribution is -0.143. The van der Waals surface area contributed by atoms with Crippen molar-refractivity contribution in [1.82, 2.24) is 0 Å². The molecule has 1 N–H and O–H groups in total. The summed E-state index contributed by atoms with van der Waals surface area (Å²) in [5.74, 6) is -0.175. The van der Waals surface area contributed by atoms with Gasteiger partial charge < -0.3 is 9.84 Å². The number of carbonyl (C=O) groups excluding carboxylic acids is 1. The summed E-state index contributed by atoms with van der Waals surface area (Å²) >= 11 is 0. The predicted molar refractivity (Wildman–Crippen MR) is 68.3 cm³/mol. The Hall–Kier alpha value is -1.84. The van der Waals surface area contributed by atoms with Gasteiger partial charge in [-0.3, -0.25) is 9.59 Å². The van der Waals surface area contributed by atoms with E-state index in [1.807, 2.05) is 0 Å². The van der Waals surface area contributed by atoms with Gasteiger partial charge in [0.25, 0.3) is 0 Å². The molecule has 4 heteroatoms. The topological polar surface area (TPSA) is 63.6 Å². The lowest BCUT2D eigenvalue weighted by Gasteiger charge is -2.09. The molecule has 2 aliphatic carbocycles. The summed E-state index contributed by atoms with van der Waals surface area (Å²) in [6, 6.07) is 7.01. The average Bonchev–Trinajstić information content (AvgIpc) is 3.26. The number of ketones is 1. The van der Waals surface area contributed by atoms with E-state index in [9.17, 15) is 9.59 Å². The van der Waals surface area contributed by atoms with Crippen LogP contribution in [-0.2, 0) is 4.79 Å². The van der Waals surface area contributed by atoms with Gasteiger partial charge in [-0.1, -0.05) is 0 Å². The van der Waals surface area contributed by atoms with Crippen molar-refractivity contribution in [3.63, 3.8) is 0 Å². The quantitative estimate of drug-likeness (QED) is 0.799. The van der Waals surface area contributed by atoms with E-state index in [0.29, 0.717) is 24.5 Å². The van der Waals surface area contributed by atoms with Crippen molar-refractivity contribution in [1.29, 1.82) is 0 Å². The normalized spacial score (nSPS) is 19.8. The highest BCUT2D eigenvalue weighted by Gasteiger charge is 2.51. The van der Waals surface area contributed by atoms with Crippen LogP contribution in [0.25, 0.3) is 0 Å². The first kappa shape index (κ1) is 12.2. The number of ether oxygens (including phenoxy) is 1.